The smallest absolute Gasteiger partial charge is 0.311 e. The lowest BCUT2D eigenvalue weighted by molar-refractivity contribution is -0.142. The molecule has 0 aliphatic carbocycles. The van der Waals surface area contributed by atoms with E-state index in [-0.39, 0.29) is 12.4 Å². The molecule has 1 heterocycles. The number of nitrogens with one attached hydrogen (secondary N) is 1. The minimum atomic E-state index is -0.248. The second-order valence-corrected chi connectivity index (χ2v) is 6.04. The molecule has 0 amide bonds. The number of thiazole rings is 1. The zero-order chi connectivity index (χ0) is 14.5. The van der Waals surface area contributed by atoms with Gasteiger partial charge in [0.1, 0.15) is 0 Å². The van der Waals surface area contributed by atoms with Gasteiger partial charge in [-0.1, -0.05) is 15.9 Å². The summed E-state index contributed by atoms with van der Waals surface area (Å²) in [4.78, 5) is 15.8. The van der Waals surface area contributed by atoms with E-state index in [1.165, 1.54) is 11.3 Å². The predicted octanol–water partition coefficient (Wildman–Crippen LogP) is 4.06. The van der Waals surface area contributed by atoms with Crippen LogP contribution in [-0.2, 0) is 16.0 Å². The molecule has 0 atom stereocenters. The molecule has 0 radical (unpaired) electrons. The van der Waals surface area contributed by atoms with Crippen molar-refractivity contribution in [3.05, 3.63) is 39.3 Å². The molecule has 0 bridgehead atoms. The number of halogens is 1. The number of aryl methyl sites for hydroxylation is 1. The van der Waals surface area contributed by atoms with Gasteiger partial charge in [-0.2, -0.15) is 0 Å². The quantitative estimate of drug-likeness (QED) is 0.822. The van der Waals surface area contributed by atoms with E-state index in [2.05, 4.69) is 26.2 Å². The number of carbonyl (C=O) groups excluding carboxylic acids is 1. The monoisotopic (exact) mass is 354 g/mol. The van der Waals surface area contributed by atoms with Gasteiger partial charge in [0.2, 0.25) is 0 Å². The molecule has 0 spiro atoms. The number of ether oxygens (including phenoxy) is 1. The van der Waals surface area contributed by atoms with Gasteiger partial charge in [0.05, 0.1) is 18.7 Å². The Morgan fingerprint density at radius 1 is 1.45 bits per heavy atom. The lowest BCUT2D eigenvalue weighted by Crippen LogP contribution is -2.07. The van der Waals surface area contributed by atoms with Crippen LogP contribution in [0.25, 0.3) is 0 Å². The summed E-state index contributed by atoms with van der Waals surface area (Å²) in [6.07, 6.45) is 0.212. The number of nitrogens with zero attached hydrogens (tertiary/aromatic N) is 1. The largest absolute Gasteiger partial charge is 0.466 e. The van der Waals surface area contributed by atoms with E-state index >= 15 is 0 Å². The molecule has 0 aliphatic rings. The Labute approximate surface area is 130 Å². The van der Waals surface area contributed by atoms with Gasteiger partial charge < -0.3 is 10.1 Å². The molecule has 2 aromatic rings. The van der Waals surface area contributed by atoms with Crippen molar-refractivity contribution in [3.63, 3.8) is 0 Å². The molecule has 0 saturated carbocycles. The molecule has 0 aliphatic heterocycles. The fourth-order valence-electron chi connectivity index (χ4n) is 1.74. The second kappa shape index (κ2) is 6.85. The molecule has 1 aromatic carbocycles. The SMILES string of the molecule is CCOC(=O)Cc1csc(Nc2cc(C)cc(Br)c2)n1. The number of rotatable bonds is 5. The predicted molar refractivity (Wildman–Crippen MR) is 84.6 cm³/mol. The topological polar surface area (TPSA) is 51.2 Å². The first-order chi connectivity index (χ1) is 9.56. The normalized spacial score (nSPS) is 10.3. The summed E-state index contributed by atoms with van der Waals surface area (Å²) in [5.41, 5.74) is 2.85. The molecule has 0 unspecified atom stereocenters. The van der Waals surface area contributed by atoms with Crippen LogP contribution in [0.1, 0.15) is 18.2 Å². The number of hydrogen-bond donors (Lipinski definition) is 1. The summed E-state index contributed by atoms with van der Waals surface area (Å²) in [6.45, 7) is 4.22. The Hall–Kier alpha value is -1.40. The van der Waals surface area contributed by atoms with Crippen molar-refractivity contribution in [2.75, 3.05) is 11.9 Å². The van der Waals surface area contributed by atoms with Gasteiger partial charge in [0, 0.05) is 15.5 Å². The molecule has 4 nitrogen and oxygen atoms in total. The number of aromatic nitrogens is 1. The minimum absolute atomic E-state index is 0.212. The van der Waals surface area contributed by atoms with Gasteiger partial charge in [-0.25, -0.2) is 4.98 Å². The number of hydrogen-bond acceptors (Lipinski definition) is 5. The average Bonchev–Trinajstić information content (AvgIpc) is 2.75. The van der Waals surface area contributed by atoms with E-state index in [1.807, 2.05) is 30.5 Å². The lowest BCUT2D eigenvalue weighted by atomic mass is 10.2. The standard InChI is InChI=1S/C14H15BrN2O2S/c1-3-19-13(18)7-12-8-20-14(17-12)16-11-5-9(2)4-10(15)6-11/h4-6,8H,3,7H2,1-2H3,(H,16,17). The minimum Gasteiger partial charge on any atom is -0.466 e. The zero-order valence-electron chi connectivity index (χ0n) is 11.3. The average molecular weight is 355 g/mol. The maximum Gasteiger partial charge on any atom is 0.311 e. The van der Waals surface area contributed by atoms with Gasteiger partial charge in [-0.15, -0.1) is 11.3 Å². The number of carbonyl (C=O) groups is 1. The van der Waals surface area contributed by atoms with Crippen molar-refractivity contribution in [2.24, 2.45) is 0 Å². The Morgan fingerprint density at radius 3 is 2.95 bits per heavy atom. The Morgan fingerprint density at radius 2 is 2.25 bits per heavy atom. The van der Waals surface area contributed by atoms with Crippen molar-refractivity contribution in [1.29, 1.82) is 0 Å². The maximum absolute atomic E-state index is 11.4. The van der Waals surface area contributed by atoms with Crippen LogP contribution in [-0.4, -0.2) is 17.6 Å². The fourth-order valence-corrected chi connectivity index (χ4v) is 3.08. The van der Waals surface area contributed by atoms with Crippen molar-refractivity contribution in [3.8, 4) is 0 Å². The van der Waals surface area contributed by atoms with Crippen LogP contribution in [0.3, 0.4) is 0 Å². The summed E-state index contributed by atoms with van der Waals surface area (Å²) in [5, 5.41) is 5.87. The van der Waals surface area contributed by atoms with Crippen LogP contribution in [0.15, 0.2) is 28.1 Å². The van der Waals surface area contributed by atoms with Crippen molar-refractivity contribution in [2.45, 2.75) is 20.3 Å². The van der Waals surface area contributed by atoms with Gasteiger partial charge in [0.25, 0.3) is 0 Å². The first-order valence-corrected chi connectivity index (χ1v) is 7.88. The Kier molecular flexibility index (Phi) is 5.14. The highest BCUT2D eigenvalue weighted by Crippen LogP contribution is 2.25. The van der Waals surface area contributed by atoms with Gasteiger partial charge in [-0.05, 0) is 37.6 Å². The van der Waals surface area contributed by atoms with Crippen LogP contribution in [0.2, 0.25) is 0 Å². The molecule has 2 rings (SSSR count). The molecule has 1 N–H and O–H groups in total. The van der Waals surface area contributed by atoms with Gasteiger partial charge in [0.15, 0.2) is 5.13 Å². The first kappa shape index (κ1) is 15.0. The fraction of sp³-hybridized carbons (Fsp3) is 0.286. The molecule has 20 heavy (non-hydrogen) atoms. The van der Waals surface area contributed by atoms with E-state index in [4.69, 9.17) is 4.74 Å². The van der Waals surface area contributed by atoms with Crippen molar-refractivity contribution < 1.29 is 9.53 Å². The van der Waals surface area contributed by atoms with Crippen molar-refractivity contribution in [1.82, 2.24) is 4.98 Å². The van der Waals surface area contributed by atoms with Crippen LogP contribution in [0, 0.1) is 6.92 Å². The van der Waals surface area contributed by atoms with Crippen molar-refractivity contribution >= 4 is 44.1 Å². The molecule has 1 aromatic heterocycles. The molecule has 0 fully saturated rings. The lowest BCUT2D eigenvalue weighted by Gasteiger charge is -2.04. The third-order valence-electron chi connectivity index (χ3n) is 2.48. The van der Waals surface area contributed by atoms with Crippen LogP contribution in [0.4, 0.5) is 10.8 Å². The highest BCUT2D eigenvalue weighted by atomic mass is 79.9. The van der Waals surface area contributed by atoms with Gasteiger partial charge in [-0.3, -0.25) is 4.79 Å². The Balaban J connectivity index is 2.03. The van der Waals surface area contributed by atoms with Crippen LogP contribution in [0.5, 0.6) is 0 Å². The number of anilines is 2. The molecular weight excluding hydrogens is 340 g/mol. The van der Waals surface area contributed by atoms with E-state index in [9.17, 15) is 4.79 Å². The van der Waals surface area contributed by atoms with E-state index in [0.29, 0.717) is 6.61 Å². The molecule has 0 saturated heterocycles. The molecule has 6 heteroatoms. The van der Waals surface area contributed by atoms with Crippen LogP contribution < -0.4 is 5.32 Å². The highest BCUT2D eigenvalue weighted by molar-refractivity contribution is 9.10. The third kappa shape index (κ3) is 4.31. The summed E-state index contributed by atoms with van der Waals surface area (Å²) in [5.74, 6) is -0.248. The van der Waals surface area contributed by atoms with Gasteiger partial charge >= 0.3 is 5.97 Å². The summed E-state index contributed by atoms with van der Waals surface area (Å²) in [6, 6.07) is 6.07. The summed E-state index contributed by atoms with van der Waals surface area (Å²) in [7, 11) is 0. The van der Waals surface area contributed by atoms with Crippen LogP contribution >= 0.6 is 27.3 Å². The number of benzene rings is 1. The van der Waals surface area contributed by atoms with E-state index in [0.717, 1.165) is 26.5 Å². The summed E-state index contributed by atoms with van der Waals surface area (Å²) >= 11 is 4.93. The first-order valence-electron chi connectivity index (χ1n) is 6.21. The summed E-state index contributed by atoms with van der Waals surface area (Å²) < 4.78 is 5.92. The maximum atomic E-state index is 11.4. The van der Waals surface area contributed by atoms with E-state index < -0.39 is 0 Å². The molecular formula is C14H15BrN2O2S. The second-order valence-electron chi connectivity index (χ2n) is 4.27. The number of esters is 1. The highest BCUT2D eigenvalue weighted by Gasteiger charge is 2.08. The Bertz CT molecular complexity index is 593. The zero-order valence-corrected chi connectivity index (χ0v) is 13.7. The molecule has 106 valence electrons. The third-order valence-corrected chi connectivity index (χ3v) is 3.74. The van der Waals surface area contributed by atoms with E-state index in [1.54, 1.807) is 6.92 Å².